The Balaban J connectivity index is 1.93. The zero-order valence-electron chi connectivity index (χ0n) is 10.3. The third-order valence-electron chi connectivity index (χ3n) is 3.55. The Hall–Kier alpha value is -0.640. The fourth-order valence-electron chi connectivity index (χ4n) is 2.43. The van der Waals surface area contributed by atoms with Crippen molar-refractivity contribution in [2.75, 3.05) is 0 Å². The minimum atomic E-state index is -0.321. The van der Waals surface area contributed by atoms with Crippen molar-refractivity contribution >= 4 is 11.6 Å². The van der Waals surface area contributed by atoms with E-state index in [1.54, 1.807) is 6.07 Å². The van der Waals surface area contributed by atoms with E-state index < -0.39 is 0 Å². The number of hydrogen-bond donors (Lipinski definition) is 2. The second-order valence-corrected chi connectivity index (χ2v) is 5.34. The summed E-state index contributed by atoms with van der Waals surface area (Å²) < 4.78 is 12.9. The predicted molar refractivity (Wildman–Crippen MR) is 71.1 cm³/mol. The maximum Gasteiger partial charge on any atom is 0.124 e. The standard InChI is InChI=1S/C14H19ClFNO/c15-12-8-11(16)7-6-10(12)9-17-13-4-2-1-3-5-14(13)18/h6-8,13-14,17-18H,1-5,9H2. The highest BCUT2D eigenvalue weighted by molar-refractivity contribution is 6.31. The fraction of sp³-hybridized carbons (Fsp3) is 0.571. The van der Waals surface area contributed by atoms with Crippen molar-refractivity contribution in [1.82, 2.24) is 5.32 Å². The maximum atomic E-state index is 12.9. The van der Waals surface area contributed by atoms with Gasteiger partial charge in [-0.15, -0.1) is 0 Å². The summed E-state index contributed by atoms with van der Waals surface area (Å²) in [6.07, 6.45) is 4.98. The van der Waals surface area contributed by atoms with Crippen molar-refractivity contribution < 1.29 is 9.50 Å². The molecule has 2 nitrogen and oxygen atoms in total. The van der Waals surface area contributed by atoms with Crippen LogP contribution < -0.4 is 5.32 Å². The van der Waals surface area contributed by atoms with Crippen molar-refractivity contribution in [3.63, 3.8) is 0 Å². The lowest BCUT2D eigenvalue weighted by Gasteiger charge is -2.22. The summed E-state index contributed by atoms with van der Waals surface area (Å²) in [7, 11) is 0. The van der Waals surface area contributed by atoms with Crippen LogP contribution in [0.3, 0.4) is 0 Å². The molecule has 0 radical (unpaired) electrons. The molecule has 1 aliphatic carbocycles. The highest BCUT2D eigenvalue weighted by Gasteiger charge is 2.21. The van der Waals surface area contributed by atoms with Gasteiger partial charge in [-0.3, -0.25) is 0 Å². The van der Waals surface area contributed by atoms with Crippen LogP contribution in [0.25, 0.3) is 0 Å². The van der Waals surface area contributed by atoms with Gasteiger partial charge in [-0.05, 0) is 30.5 Å². The van der Waals surface area contributed by atoms with E-state index in [-0.39, 0.29) is 18.0 Å². The third kappa shape index (κ3) is 3.67. The highest BCUT2D eigenvalue weighted by atomic mass is 35.5. The van der Waals surface area contributed by atoms with E-state index in [0.29, 0.717) is 11.6 Å². The lowest BCUT2D eigenvalue weighted by Crippen LogP contribution is -2.38. The first-order valence-corrected chi connectivity index (χ1v) is 6.90. The Labute approximate surface area is 112 Å². The molecular formula is C14H19ClFNO. The average molecular weight is 272 g/mol. The zero-order chi connectivity index (χ0) is 13.0. The largest absolute Gasteiger partial charge is 0.392 e. The van der Waals surface area contributed by atoms with Crippen LogP contribution in [-0.2, 0) is 6.54 Å². The molecule has 2 unspecified atom stereocenters. The van der Waals surface area contributed by atoms with Gasteiger partial charge in [-0.2, -0.15) is 0 Å². The second-order valence-electron chi connectivity index (χ2n) is 4.93. The minimum Gasteiger partial charge on any atom is -0.392 e. The summed E-state index contributed by atoms with van der Waals surface area (Å²) >= 11 is 5.97. The summed E-state index contributed by atoms with van der Waals surface area (Å²) in [6.45, 7) is 0.570. The van der Waals surface area contributed by atoms with Crippen molar-refractivity contribution in [3.8, 4) is 0 Å². The fourth-order valence-corrected chi connectivity index (χ4v) is 2.67. The van der Waals surface area contributed by atoms with Gasteiger partial charge in [-0.25, -0.2) is 4.39 Å². The molecule has 1 saturated carbocycles. The van der Waals surface area contributed by atoms with E-state index in [4.69, 9.17) is 11.6 Å². The van der Waals surface area contributed by atoms with Crippen molar-refractivity contribution in [3.05, 3.63) is 34.6 Å². The van der Waals surface area contributed by atoms with Gasteiger partial charge in [0.2, 0.25) is 0 Å². The van der Waals surface area contributed by atoms with E-state index in [1.807, 2.05) is 0 Å². The molecule has 1 aliphatic rings. The van der Waals surface area contributed by atoms with Crippen LogP contribution in [0.2, 0.25) is 5.02 Å². The molecule has 0 spiro atoms. The molecule has 18 heavy (non-hydrogen) atoms. The Morgan fingerprint density at radius 1 is 1.28 bits per heavy atom. The van der Waals surface area contributed by atoms with Gasteiger partial charge in [0.05, 0.1) is 6.10 Å². The molecule has 1 fully saturated rings. The van der Waals surface area contributed by atoms with Gasteiger partial charge < -0.3 is 10.4 Å². The molecule has 0 bridgehead atoms. The number of nitrogens with one attached hydrogen (secondary N) is 1. The lowest BCUT2D eigenvalue weighted by molar-refractivity contribution is 0.119. The van der Waals surface area contributed by atoms with Gasteiger partial charge >= 0.3 is 0 Å². The Morgan fingerprint density at radius 3 is 2.83 bits per heavy atom. The highest BCUT2D eigenvalue weighted by Crippen LogP contribution is 2.20. The van der Waals surface area contributed by atoms with Crippen molar-refractivity contribution in [1.29, 1.82) is 0 Å². The SMILES string of the molecule is OC1CCCCCC1NCc1ccc(F)cc1Cl. The van der Waals surface area contributed by atoms with E-state index in [1.165, 1.54) is 18.6 Å². The number of halogens is 2. The molecular weight excluding hydrogens is 253 g/mol. The van der Waals surface area contributed by atoms with Crippen LogP contribution in [0.1, 0.15) is 37.7 Å². The maximum absolute atomic E-state index is 12.9. The Kier molecular flexibility index (Phi) is 4.98. The van der Waals surface area contributed by atoms with Gasteiger partial charge in [-0.1, -0.05) is 36.9 Å². The molecule has 2 N–H and O–H groups in total. The van der Waals surface area contributed by atoms with E-state index in [2.05, 4.69) is 5.32 Å². The summed E-state index contributed by atoms with van der Waals surface area (Å²) in [5.41, 5.74) is 0.870. The number of aliphatic hydroxyl groups excluding tert-OH is 1. The zero-order valence-corrected chi connectivity index (χ0v) is 11.1. The van der Waals surface area contributed by atoms with Gasteiger partial charge in [0.1, 0.15) is 5.82 Å². The predicted octanol–water partition coefficient (Wildman–Crippen LogP) is 3.26. The quantitative estimate of drug-likeness (QED) is 0.827. The molecule has 0 saturated heterocycles. The Bertz CT molecular complexity index is 399. The number of rotatable bonds is 3. The molecule has 0 aromatic heterocycles. The number of benzene rings is 1. The van der Waals surface area contributed by atoms with E-state index in [0.717, 1.165) is 31.2 Å². The first-order chi connectivity index (χ1) is 8.66. The smallest absolute Gasteiger partial charge is 0.124 e. The van der Waals surface area contributed by atoms with Gasteiger partial charge in [0.15, 0.2) is 0 Å². The summed E-state index contributed by atoms with van der Waals surface area (Å²) in [5.74, 6) is -0.321. The van der Waals surface area contributed by atoms with E-state index >= 15 is 0 Å². The van der Waals surface area contributed by atoms with Crippen LogP contribution in [0.4, 0.5) is 4.39 Å². The molecule has 4 heteroatoms. The summed E-state index contributed by atoms with van der Waals surface area (Å²) in [6, 6.07) is 4.54. The molecule has 2 atom stereocenters. The van der Waals surface area contributed by atoms with Gasteiger partial charge in [0, 0.05) is 17.6 Å². The molecule has 1 aromatic carbocycles. The molecule has 0 heterocycles. The molecule has 2 rings (SSSR count). The van der Waals surface area contributed by atoms with Gasteiger partial charge in [0.25, 0.3) is 0 Å². The normalized spacial score (nSPS) is 24.8. The summed E-state index contributed by atoms with van der Waals surface area (Å²) in [4.78, 5) is 0. The lowest BCUT2D eigenvalue weighted by atomic mass is 10.1. The minimum absolute atomic E-state index is 0.119. The van der Waals surface area contributed by atoms with Crippen molar-refractivity contribution in [2.45, 2.75) is 50.8 Å². The number of hydrogen-bond acceptors (Lipinski definition) is 2. The molecule has 100 valence electrons. The molecule has 0 amide bonds. The van der Waals surface area contributed by atoms with Crippen LogP contribution in [-0.4, -0.2) is 17.3 Å². The van der Waals surface area contributed by atoms with E-state index in [9.17, 15) is 9.50 Å². The first-order valence-electron chi connectivity index (χ1n) is 6.52. The van der Waals surface area contributed by atoms with Crippen LogP contribution in [0, 0.1) is 5.82 Å². The molecule has 1 aromatic rings. The Morgan fingerprint density at radius 2 is 2.06 bits per heavy atom. The average Bonchev–Trinajstić information content (AvgIpc) is 2.53. The second kappa shape index (κ2) is 6.50. The third-order valence-corrected chi connectivity index (χ3v) is 3.90. The van der Waals surface area contributed by atoms with Crippen LogP contribution >= 0.6 is 11.6 Å². The van der Waals surface area contributed by atoms with Crippen LogP contribution in [0.5, 0.6) is 0 Å². The molecule has 0 aliphatic heterocycles. The topological polar surface area (TPSA) is 32.3 Å². The van der Waals surface area contributed by atoms with Crippen molar-refractivity contribution in [2.24, 2.45) is 0 Å². The summed E-state index contributed by atoms with van der Waals surface area (Å²) in [5, 5.41) is 13.8. The number of aliphatic hydroxyl groups is 1. The monoisotopic (exact) mass is 271 g/mol. The van der Waals surface area contributed by atoms with Crippen LogP contribution in [0.15, 0.2) is 18.2 Å². The first kappa shape index (κ1) is 13.8.